The van der Waals surface area contributed by atoms with Crippen LogP contribution in [-0.4, -0.2) is 32.8 Å². The lowest BCUT2D eigenvalue weighted by molar-refractivity contribution is 0.0948. The van der Waals surface area contributed by atoms with Crippen LogP contribution in [0.2, 0.25) is 0 Å². The van der Waals surface area contributed by atoms with E-state index in [-0.39, 0.29) is 23.9 Å². The van der Waals surface area contributed by atoms with E-state index >= 15 is 0 Å². The number of carbonyl (C=O) groups is 1. The molecule has 3 aromatic rings. The van der Waals surface area contributed by atoms with Crippen LogP contribution in [0.4, 0.5) is 0 Å². The topological polar surface area (TPSA) is 88.8 Å². The molecule has 0 aliphatic heterocycles. The number of nitrogens with one attached hydrogen (secondary N) is 1. The Morgan fingerprint density at radius 3 is 2.50 bits per heavy atom. The molecule has 1 amide bonds. The first-order chi connectivity index (χ1) is 14.3. The highest BCUT2D eigenvalue weighted by atomic mass is 32.2. The van der Waals surface area contributed by atoms with E-state index in [2.05, 4.69) is 5.32 Å². The van der Waals surface area contributed by atoms with Crippen molar-refractivity contribution in [3.05, 3.63) is 83.3 Å². The number of carbonyl (C=O) groups excluding carboxylic acids is 1. The second-order valence-electron chi connectivity index (χ2n) is 6.86. The number of hydrogen-bond donors (Lipinski definition) is 1. The Morgan fingerprint density at radius 1 is 1.13 bits per heavy atom. The van der Waals surface area contributed by atoms with Crippen LogP contribution < -0.4 is 10.1 Å². The van der Waals surface area contributed by atoms with E-state index < -0.39 is 10.0 Å². The van der Waals surface area contributed by atoms with Crippen molar-refractivity contribution in [1.82, 2.24) is 9.62 Å². The minimum absolute atomic E-state index is 0.0543. The molecule has 0 aliphatic carbocycles. The maximum absolute atomic E-state index is 12.9. The van der Waals surface area contributed by atoms with Crippen molar-refractivity contribution in [2.24, 2.45) is 0 Å². The molecule has 7 nitrogen and oxygen atoms in total. The van der Waals surface area contributed by atoms with Gasteiger partial charge in [0.05, 0.1) is 24.8 Å². The van der Waals surface area contributed by atoms with E-state index in [9.17, 15) is 13.2 Å². The summed E-state index contributed by atoms with van der Waals surface area (Å²) in [6, 6.07) is 15.1. The highest BCUT2D eigenvalue weighted by Crippen LogP contribution is 2.24. The molecular formula is C22H24N2O5S. The average Bonchev–Trinajstić information content (AvgIpc) is 3.26. The number of furan rings is 1. The summed E-state index contributed by atoms with van der Waals surface area (Å²) in [5.41, 5.74) is 1.96. The number of benzene rings is 2. The molecule has 0 saturated heterocycles. The Bertz CT molecular complexity index is 1110. The van der Waals surface area contributed by atoms with Crippen LogP contribution in [0.3, 0.4) is 0 Å². The fourth-order valence-corrected chi connectivity index (χ4v) is 4.09. The number of amides is 1. The third-order valence-corrected chi connectivity index (χ3v) is 6.49. The van der Waals surface area contributed by atoms with E-state index in [1.165, 1.54) is 24.7 Å². The molecule has 30 heavy (non-hydrogen) atoms. The number of ether oxygens (including phenoxy) is 1. The quantitative estimate of drug-likeness (QED) is 0.594. The van der Waals surface area contributed by atoms with Gasteiger partial charge < -0.3 is 14.5 Å². The summed E-state index contributed by atoms with van der Waals surface area (Å²) in [5.74, 6) is 0.851. The summed E-state index contributed by atoms with van der Waals surface area (Å²) < 4.78 is 37.6. The van der Waals surface area contributed by atoms with Gasteiger partial charge in [-0.3, -0.25) is 4.79 Å². The molecule has 0 aliphatic rings. The second kappa shape index (κ2) is 9.15. The van der Waals surface area contributed by atoms with E-state index in [4.69, 9.17) is 9.15 Å². The highest BCUT2D eigenvalue weighted by molar-refractivity contribution is 7.89. The third kappa shape index (κ3) is 4.90. The maximum Gasteiger partial charge on any atom is 0.251 e. The molecule has 2 aromatic carbocycles. The zero-order chi connectivity index (χ0) is 21.7. The Labute approximate surface area is 176 Å². The Morgan fingerprint density at radius 2 is 1.87 bits per heavy atom. The van der Waals surface area contributed by atoms with Crippen LogP contribution in [0.25, 0.3) is 0 Å². The molecule has 0 saturated carbocycles. The van der Waals surface area contributed by atoms with Gasteiger partial charge in [-0.1, -0.05) is 17.7 Å². The van der Waals surface area contributed by atoms with Gasteiger partial charge in [-0.15, -0.1) is 0 Å². The van der Waals surface area contributed by atoms with Crippen LogP contribution in [0.5, 0.6) is 5.75 Å². The average molecular weight is 429 g/mol. The van der Waals surface area contributed by atoms with E-state index in [1.54, 1.807) is 54.6 Å². The first-order valence-electron chi connectivity index (χ1n) is 9.32. The van der Waals surface area contributed by atoms with Crippen molar-refractivity contribution in [2.75, 3.05) is 14.2 Å². The zero-order valence-electron chi connectivity index (χ0n) is 17.1. The van der Waals surface area contributed by atoms with Crippen molar-refractivity contribution < 1.29 is 22.4 Å². The number of rotatable bonds is 8. The SMILES string of the molecule is COc1ccc(C(=O)NCc2ccco2)cc1CN(C)S(=O)(=O)c1ccc(C)cc1. The molecule has 3 rings (SSSR count). The van der Waals surface area contributed by atoms with Gasteiger partial charge in [0.15, 0.2) is 0 Å². The van der Waals surface area contributed by atoms with Gasteiger partial charge in [0.1, 0.15) is 11.5 Å². The molecule has 0 atom stereocenters. The predicted octanol–water partition coefficient (Wildman–Crippen LogP) is 3.35. The van der Waals surface area contributed by atoms with Crippen molar-refractivity contribution in [1.29, 1.82) is 0 Å². The minimum Gasteiger partial charge on any atom is -0.496 e. The largest absolute Gasteiger partial charge is 0.496 e. The molecule has 0 unspecified atom stereocenters. The summed E-state index contributed by atoms with van der Waals surface area (Å²) >= 11 is 0. The first-order valence-corrected chi connectivity index (χ1v) is 10.8. The molecule has 0 spiro atoms. The van der Waals surface area contributed by atoms with Gasteiger partial charge in [-0.25, -0.2) is 8.42 Å². The van der Waals surface area contributed by atoms with Crippen molar-refractivity contribution in [3.8, 4) is 5.75 Å². The van der Waals surface area contributed by atoms with Crippen LogP contribution in [0, 0.1) is 6.92 Å². The molecule has 158 valence electrons. The van der Waals surface area contributed by atoms with Crippen LogP contribution in [-0.2, 0) is 23.1 Å². The normalized spacial score (nSPS) is 11.5. The second-order valence-corrected chi connectivity index (χ2v) is 8.91. The maximum atomic E-state index is 12.9. The van der Waals surface area contributed by atoms with E-state index in [0.29, 0.717) is 22.6 Å². The van der Waals surface area contributed by atoms with Crippen molar-refractivity contribution in [2.45, 2.75) is 24.9 Å². The summed E-state index contributed by atoms with van der Waals surface area (Å²) in [6.45, 7) is 2.21. The van der Waals surface area contributed by atoms with Gasteiger partial charge in [0.25, 0.3) is 5.91 Å². The van der Waals surface area contributed by atoms with Crippen LogP contribution >= 0.6 is 0 Å². The van der Waals surface area contributed by atoms with Crippen LogP contribution in [0.15, 0.2) is 70.2 Å². The lowest BCUT2D eigenvalue weighted by Gasteiger charge is -2.19. The number of methoxy groups -OCH3 is 1. The Balaban J connectivity index is 1.79. The molecule has 1 N–H and O–H groups in total. The van der Waals surface area contributed by atoms with E-state index in [1.807, 2.05) is 6.92 Å². The Hall–Kier alpha value is -3.10. The smallest absolute Gasteiger partial charge is 0.251 e. The minimum atomic E-state index is -3.69. The van der Waals surface area contributed by atoms with Crippen LogP contribution in [0.1, 0.15) is 27.2 Å². The molecular weight excluding hydrogens is 404 g/mol. The monoisotopic (exact) mass is 428 g/mol. The summed E-state index contributed by atoms with van der Waals surface area (Å²) in [4.78, 5) is 12.7. The molecule has 1 heterocycles. The van der Waals surface area contributed by atoms with Gasteiger partial charge >= 0.3 is 0 Å². The lowest BCUT2D eigenvalue weighted by Crippen LogP contribution is -2.27. The zero-order valence-corrected chi connectivity index (χ0v) is 17.9. The molecule has 0 fully saturated rings. The number of sulfonamides is 1. The summed E-state index contributed by atoms with van der Waals surface area (Å²) in [7, 11) is -0.685. The number of hydrogen-bond acceptors (Lipinski definition) is 5. The molecule has 1 aromatic heterocycles. The summed E-state index contributed by atoms with van der Waals surface area (Å²) in [5, 5.41) is 2.78. The van der Waals surface area contributed by atoms with Gasteiger partial charge in [-0.2, -0.15) is 4.31 Å². The molecule has 8 heteroatoms. The van der Waals surface area contributed by atoms with Gasteiger partial charge in [0.2, 0.25) is 10.0 Å². The standard InChI is InChI=1S/C22H24N2O5S/c1-16-6-9-20(10-7-16)30(26,27)24(2)15-18-13-17(8-11-21(18)28-3)22(25)23-14-19-5-4-12-29-19/h4-13H,14-15H2,1-3H3,(H,23,25). The van der Waals surface area contributed by atoms with Crippen molar-refractivity contribution in [3.63, 3.8) is 0 Å². The summed E-state index contributed by atoms with van der Waals surface area (Å²) in [6.07, 6.45) is 1.54. The Kier molecular flexibility index (Phi) is 6.59. The van der Waals surface area contributed by atoms with E-state index in [0.717, 1.165) is 5.56 Å². The first kappa shape index (κ1) is 21.6. The predicted molar refractivity (Wildman–Crippen MR) is 113 cm³/mol. The molecule has 0 bridgehead atoms. The third-order valence-electron chi connectivity index (χ3n) is 4.67. The highest BCUT2D eigenvalue weighted by Gasteiger charge is 2.22. The van der Waals surface area contributed by atoms with Gasteiger partial charge in [-0.05, 0) is 49.4 Å². The van der Waals surface area contributed by atoms with Crippen molar-refractivity contribution >= 4 is 15.9 Å². The number of nitrogens with zero attached hydrogens (tertiary/aromatic N) is 1. The fraction of sp³-hybridized carbons (Fsp3) is 0.227. The number of aryl methyl sites for hydroxylation is 1. The molecule has 0 radical (unpaired) electrons. The lowest BCUT2D eigenvalue weighted by atomic mass is 10.1. The fourth-order valence-electron chi connectivity index (χ4n) is 2.94. The van der Waals surface area contributed by atoms with Gasteiger partial charge in [0, 0.05) is 24.7 Å².